The molecule has 1 aliphatic heterocycles. The minimum atomic E-state index is -0.862. The maximum absolute atomic E-state index is 12.3. The van der Waals surface area contributed by atoms with Crippen LogP contribution >= 0.6 is 0 Å². The number of hydrogen-bond donors (Lipinski definition) is 1. The standard InChI is InChI=1S/C17H23NO4/c1-2-14-5-3-4-10-18(14)16(19)12-22-15-8-6-13(7-9-15)11-17(20)21/h6-9,14H,2-5,10-12H2,1H3,(H,20,21). The van der Waals surface area contributed by atoms with E-state index < -0.39 is 5.97 Å². The molecule has 1 atom stereocenters. The van der Waals surface area contributed by atoms with E-state index in [9.17, 15) is 9.59 Å². The van der Waals surface area contributed by atoms with Crippen LogP contribution in [0.1, 0.15) is 38.2 Å². The van der Waals surface area contributed by atoms with Crippen molar-refractivity contribution in [2.24, 2.45) is 0 Å². The Morgan fingerprint density at radius 1 is 1.27 bits per heavy atom. The number of carboxylic acid groups (broad SMARTS) is 1. The molecule has 0 aliphatic carbocycles. The molecule has 0 bridgehead atoms. The molecule has 0 aromatic heterocycles. The molecule has 1 N–H and O–H groups in total. The zero-order valence-corrected chi connectivity index (χ0v) is 13.0. The van der Waals surface area contributed by atoms with Gasteiger partial charge >= 0.3 is 5.97 Å². The van der Waals surface area contributed by atoms with Crippen molar-refractivity contribution in [1.82, 2.24) is 4.90 Å². The number of ether oxygens (including phenoxy) is 1. The lowest BCUT2D eigenvalue weighted by Gasteiger charge is -2.35. The van der Waals surface area contributed by atoms with Crippen molar-refractivity contribution in [3.05, 3.63) is 29.8 Å². The van der Waals surface area contributed by atoms with Crippen molar-refractivity contribution >= 4 is 11.9 Å². The average Bonchev–Trinajstić information content (AvgIpc) is 2.53. The second kappa shape index (κ2) is 7.82. The molecule has 0 spiro atoms. The second-order valence-corrected chi connectivity index (χ2v) is 5.65. The van der Waals surface area contributed by atoms with Crippen molar-refractivity contribution in [2.75, 3.05) is 13.2 Å². The first-order valence-electron chi connectivity index (χ1n) is 7.83. The fourth-order valence-electron chi connectivity index (χ4n) is 2.86. The van der Waals surface area contributed by atoms with E-state index in [1.165, 1.54) is 6.42 Å². The van der Waals surface area contributed by atoms with E-state index >= 15 is 0 Å². The fourth-order valence-corrected chi connectivity index (χ4v) is 2.86. The molecule has 0 radical (unpaired) electrons. The molecule has 1 saturated heterocycles. The summed E-state index contributed by atoms with van der Waals surface area (Å²) < 4.78 is 5.54. The number of likely N-dealkylation sites (tertiary alicyclic amines) is 1. The predicted octanol–water partition coefficient (Wildman–Crippen LogP) is 2.48. The molecule has 0 saturated carbocycles. The van der Waals surface area contributed by atoms with Crippen molar-refractivity contribution in [2.45, 2.75) is 45.1 Å². The van der Waals surface area contributed by atoms with E-state index in [-0.39, 0.29) is 18.9 Å². The number of amides is 1. The van der Waals surface area contributed by atoms with Crippen LogP contribution in [-0.2, 0) is 16.0 Å². The van der Waals surface area contributed by atoms with E-state index in [2.05, 4.69) is 6.92 Å². The molecular weight excluding hydrogens is 282 g/mol. The largest absolute Gasteiger partial charge is 0.484 e. The second-order valence-electron chi connectivity index (χ2n) is 5.65. The van der Waals surface area contributed by atoms with Gasteiger partial charge < -0.3 is 14.7 Å². The molecule has 22 heavy (non-hydrogen) atoms. The lowest BCUT2D eigenvalue weighted by molar-refractivity contribution is -0.137. The summed E-state index contributed by atoms with van der Waals surface area (Å²) in [4.78, 5) is 24.8. The average molecular weight is 305 g/mol. The monoisotopic (exact) mass is 305 g/mol. The van der Waals surface area contributed by atoms with Crippen LogP contribution in [-0.4, -0.2) is 41.1 Å². The SMILES string of the molecule is CCC1CCCCN1C(=O)COc1ccc(CC(=O)O)cc1. The van der Waals surface area contributed by atoms with Gasteiger partial charge in [0.2, 0.25) is 0 Å². The summed E-state index contributed by atoms with van der Waals surface area (Å²) in [6.07, 6.45) is 4.30. The molecule has 120 valence electrons. The van der Waals surface area contributed by atoms with Crippen LogP contribution < -0.4 is 4.74 Å². The first kappa shape index (κ1) is 16.3. The third kappa shape index (κ3) is 4.48. The smallest absolute Gasteiger partial charge is 0.307 e. The van der Waals surface area contributed by atoms with Gasteiger partial charge in [0.15, 0.2) is 6.61 Å². The number of piperidine rings is 1. The number of carbonyl (C=O) groups excluding carboxylic acids is 1. The Kier molecular flexibility index (Phi) is 5.81. The summed E-state index contributed by atoms with van der Waals surface area (Å²) in [6.45, 7) is 2.96. The molecule has 5 nitrogen and oxygen atoms in total. The van der Waals surface area contributed by atoms with Gasteiger partial charge in [-0.15, -0.1) is 0 Å². The maximum atomic E-state index is 12.3. The summed E-state index contributed by atoms with van der Waals surface area (Å²) in [6, 6.07) is 7.17. The predicted molar refractivity (Wildman–Crippen MR) is 82.9 cm³/mol. The van der Waals surface area contributed by atoms with Gasteiger partial charge in [0, 0.05) is 12.6 Å². The van der Waals surface area contributed by atoms with Gasteiger partial charge in [-0.2, -0.15) is 0 Å². The number of benzene rings is 1. The van der Waals surface area contributed by atoms with Crippen LogP contribution in [0.4, 0.5) is 0 Å². The minimum absolute atomic E-state index is 0.00876. The molecule has 1 aromatic carbocycles. The summed E-state index contributed by atoms with van der Waals surface area (Å²) in [5.74, 6) is -0.242. The van der Waals surface area contributed by atoms with Crippen LogP contribution in [0.2, 0.25) is 0 Å². The third-order valence-corrected chi connectivity index (χ3v) is 4.06. The number of aliphatic carboxylic acids is 1. The van der Waals surface area contributed by atoms with Crippen molar-refractivity contribution in [3.8, 4) is 5.75 Å². The van der Waals surface area contributed by atoms with Gasteiger partial charge in [-0.3, -0.25) is 9.59 Å². The summed E-state index contributed by atoms with van der Waals surface area (Å²) >= 11 is 0. The Hall–Kier alpha value is -2.04. The van der Waals surface area contributed by atoms with E-state index in [0.29, 0.717) is 17.4 Å². The van der Waals surface area contributed by atoms with Crippen LogP contribution in [0.3, 0.4) is 0 Å². The van der Waals surface area contributed by atoms with Gasteiger partial charge in [-0.25, -0.2) is 0 Å². The van der Waals surface area contributed by atoms with E-state index in [0.717, 1.165) is 25.8 Å². The first-order valence-corrected chi connectivity index (χ1v) is 7.83. The first-order chi connectivity index (χ1) is 10.6. The van der Waals surface area contributed by atoms with E-state index in [1.54, 1.807) is 24.3 Å². The number of carbonyl (C=O) groups is 2. The highest BCUT2D eigenvalue weighted by molar-refractivity contribution is 5.78. The van der Waals surface area contributed by atoms with Gasteiger partial charge in [-0.05, 0) is 43.4 Å². The Morgan fingerprint density at radius 3 is 2.64 bits per heavy atom. The molecule has 1 fully saturated rings. The maximum Gasteiger partial charge on any atom is 0.307 e. The number of rotatable bonds is 6. The topological polar surface area (TPSA) is 66.8 Å². The zero-order valence-electron chi connectivity index (χ0n) is 13.0. The summed E-state index contributed by atoms with van der Waals surface area (Å²) in [5, 5.41) is 8.72. The Labute approximate surface area is 130 Å². The van der Waals surface area contributed by atoms with E-state index in [4.69, 9.17) is 9.84 Å². The van der Waals surface area contributed by atoms with Crippen molar-refractivity contribution in [1.29, 1.82) is 0 Å². The molecule has 1 unspecified atom stereocenters. The van der Waals surface area contributed by atoms with Crippen molar-refractivity contribution < 1.29 is 19.4 Å². The highest BCUT2D eigenvalue weighted by atomic mass is 16.5. The minimum Gasteiger partial charge on any atom is -0.484 e. The zero-order chi connectivity index (χ0) is 15.9. The normalized spacial score (nSPS) is 18.0. The molecule has 1 heterocycles. The van der Waals surface area contributed by atoms with Gasteiger partial charge in [0.25, 0.3) is 5.91 Å². The highest BCUT2D eigenvalue weighted by Gasteiger charge is 2.25. The molecule has 2 rings (SSSR count). The fraction of sp³-hybridized carbons (Fsp3) is 0.529. The molecule has 1 aromatic rings. The Morgan fingerprint density at radius 2 is 2.00 bits per heavy atom. The number of carboxylic acids is 1. The summed E-state index contributed by atoms with van der Waals surface area (Å²) in [7, 11) is 0. The Bertz CT molecular complexity index is 512. The van der Waals surface area contributed by atoms with Gasteiger partial charge in [0.05, 0.1) is 6.42 Å². The summed E-state index contributed by atoms with van der Waals surface area (Å²) in [5.41, 5.74) is 0.716. The van der Waals surface area contributed by atoms with Gasteiger partial charge in [-0.1, -0.05) is 19.1 Å². The molecular formula is C17H23NO4. The lowest BCUT2D eigenvalue weighted by atomic mass is 10.00. The van der Waals surface area contributed by atoms with Crippen LogP contribution in [0.25, 0.3) is 0 Å². The van der Waals surface area contributed by atoms with Crippen molar-refractivity contribution in [3.63, 3.8) is 0 Å². The number of nitrogens with zero attached hydrogens (tertiary/aromatic N) is 1. The quantitative estimate of drug-likeness (QED) is 0.877. The highest BCUT2D eigenvalue weighted by Crippen LogP contribution is 2.20. The number of hydrogen-bond acceptors (Lipinski definition) is 3. The van der Waals surface area contributed by atoms with Crippen LogP contribution in [0.5, 0.6) is 5.75 Å². The Balaban J connectivity index is 1.86. The molecule has 5 heteroatoms. The van der Waals surface area contributed by atoms with E-state index in [1.807, 2.05) is 4.90 Å². The third-order valence-electron chi connectivity index (χ3n) is 4.06. The lowest BCUT2D eigenvalue weighted by Crippen LogP contribution is -2.45. The molecule has 1 aliphatic rings. The van der Waals surface area contributed by atoms with Gasteiger partial charge in [0.1, 0.15) is 5.75 Å². The van der Waals surface area contributed by atoms with Crippen LogP contribution in [0, 0.1) is 0 Å². The van der Waals surface area contributed by atoms with Crippen LogP contribution in [0.15, 0.2) is 24.3 Å². The molecule has 1 amide bonds.